The highest BCUT2D eigenvalue weighted by molar-refractivity contribution is 7.99. The van der Waals surface area contributed by atoms with Crippen molar-refractivity contribution in [3.05, 3.63) is 30.1 Å². The largest absolute Gasteiger partial charge is 0.334 e. The molecular weight excluding hydrogens is 282 g/mol. The van der Waals surface area contributed by atoms with Crippen LogP contribution in [0.25, 0.3) is 0 Å². The molecule has 0 aliphatic heterocycles. The predicted octanol–water partition coefficient (Wildman–Crippen LogP) is 3.51. The van der Waals surface area contributed by atoms with Crippen LogP contribution in [0.3, 0.4) is 0 Å². The molecular formula is C16H25N3OS. The third-order valence-electron chi connectivity index (χ3n) is 3.93. The summed E-state index contributed by atoms with van der Waals surface area (Å²) in [6, 6.07) is 4.07. The molecule has 1 heterocycles. The van der Waals surface area contributed by atoms with Crippen molar-refractivity contribution in [3.8, 4) is 0 Å². The van der Waals surface area contributed by atoms with Gasteiger partial charge in [-0.05, 0) is 37.1 Å². The van der Waals surface area contributed by atoms with Crippen molar-refractivity contribution in [2.45, 2.75) is 56.9 Å². The summed E-state index contributed by atoms with van der Waals surface area (Å²) in [7, 11) is 0. The summed E-state index contributed by atoms with van der Waals surface area (Å²) in [6.07, 6.45) is 8.33. The Morgan fingerprint density at radius 2 is 2.29 bits per heavy atom. The molecule has 5 heteroatoms. The second-order valence-electron chi connectivity index (χ2n) is 5.51. The highest BCUT2D eigenvalue weighted by Crippen LogP contribution is 2.28. The zero-order valence-electron chi connectivity index (χ0n) is 12.8. The number of nitrogens with one attached hydrogen (secondary N) is 2. The van der Waals surface area contributed by atoms with Crippen molar-refractivity contribution in [2.75, 3.05) is 5.75 Å². The van der Waals surface area contributed by atoms with E-state index in [2.05, 4.69) is 22.5 Å². The van der Waals surface area contributed by atoms with Gasteiger partial charge >= 0.3 is 6.03 Å². The summed E-state index contributed by atoms with van der Waals surface area (Å²) in [5.74, 6) is 1.11. The summed E-state index contributed by atoms with van der Waals surface area (Å²) < 4.78 is 0. The average Bonchev–Trinajstić information content (AvgIpc) is 2.50. The molecule has 0 bridgehead atoms. The summed E-state index contributed by atoms with van der Waals surface area (Å²) >= 11 is 1.97. The predicted molar refractivity (Wildman–Crippen MR) is 88.5 cm³/mol. The molecule has 0 aromatic carbocycles. The monoisotopic (exact) mass is 307 g/mol. The van der Waals surface area contributed by atoms with Crippen LogP contribution in [-0.2, 0) is 0 Å². The summed E-state index contributed by atoms with van der Waals surface area (Å²) in [6.45, 7) is 4.16. The molecule has 1 aliphatic rings. The first-order chi connectivity index (χ1) is 10.2. The Morgan fingerprint density at radius 3 is 3.00 bits per heavy atom. The fourth-order valence-electron chi connectivity index (χ4n) is 2.80. The van der Waals surface area contributed by atoms with Gasteiger partial charge < -0.3 is 10.6 Å². The van der Waals surface area contributed by atoms with Gasteiger partial charge in [0.25, 0.3) is 0 Å². The first-order valence-corrected chi connectivity index (χ1v) is 8.84. The standard InChI is InChI=1S/C16H25N3OS/c1-3-21-15-9-5-4-8-14(15)19-16(20)18-12(2)13-7-6-10-17-11-13/h6-7,10-12,14-15H,3-5,8-9H2,1-2H3,(H2,18,19,20). The minimum atomic E-state index is -0.0695. The summed E-state index contributed by atoms with van der Waals surface area (Å²) in [5.41, 5.74) is 1.02. The number of hydrogen-bond donors (Lipinski definition) is 2. The smallest absolute Gasteiger partial charge is 0.315 e. The topological polar surface area (TPSA) is 54.0 Å². The number of pyridine rings is 1. The van der Waals surface area contributed by atoms with Crippen LogP contribution in [0.5, 0.6) is 0 Å². The van der Waals surface area contributed by atoms with Gasteiger partial charge in [0.15, 0.2) is 0 Å². The zero-order valence-corrected chi connectivity index (χ0v) is 13.7. The fraction of sp³-hybridized carbons (Fsp3) is 0.625. The maximum absolute atomic E-state index is 12.2. The van der Waals surface area contributed by atoms with E-state index in [0.29, 0.717) is 11.3 Å². The number of carbonyl (C=O) groups is 1. The molecule has 0 radical (unpaired) electrons. The molecule has 1 fully saturated rings. The lowest BCUT2D eigenvalue weighted by molar-refractivity contribution is 0.230. The highest BCUT2D eigenvalue weighted by Gasteiger charge is 2.26. The van der Waals surface area contributed by atoms with Crippen LogP contribution >= 0.6 is 11.8 Å². The highest BCUT2D eigenvalue weighted by atomic mass is 32.2. The van der Waals surface area contributed by atoms with Gasteiger partial charge in [-0.15, -0.1) is 0 Å². The fourth-order valence-corrected chi connectivity index (χ4v) is 4.00. The first kappa shape index (κ1) is 16.1. The van der Waals surface area contributed by atoms with Crippen LogP contribution in [0.1, 0.15) is 51.1 Å². The quantitative estimate of drug-likeness (QED) is 0.875. The van der Waals surface area contributed by atoms with E-state index >= 15 is 0 Å². The van der Waals surface area contributed by atoms with Crippen molar-refractivity contribution in [2.24, 2.45) is 0 Å². The Hall–Kier alpha value is -1.23. The van der Waals surface area contributed by atoms with Crippen LogP contribution in [0.15, 0.2) is 24.5 Å². The summed E-state index contributed by atoms with van der Waals surface area (Å²) in [5, 5.41) is 6.73. The molecule has 3 unspecified atom stereocenters. The Kier molecular flexibility index (Phi) is 6.36. The van der Waals surface area contributed by atoms with Gasteiger partial charge in [-0.25, -0.2) is 4.79 Å². The molecule has 0 saturated heterocycles. The summed E-state index contributed by atoms with van der Waals surface area (Å²) in [4.78, 5) is 16.3. The lowest BCUT2D eigenvalue weighted by Gasteiger charge is -2.32. The number of aromatic nitrogens is 1. The van der Waals surface area contributed by atoms with Crippen molar-refractivity contribution >= 4 is 17.8 Å². The minimum Gasteiger partial charge on any atom is -0.334 e. The van der Waals surface area contributed by atoms with Gasteiger partial charge in [0.05, 0.1) is 6.04 Å². The second-order valence-corrected chi connectivity index (χ2v) is 7.03. The van der Waals surface area contributed by atoms with Crippen molar-refractivity contribution in [3.63, 3.8) is 0 Å². The molecule has 2 amide bonds. The Morgan fingerprint density at radius 1 is 1.48 bits per heavy atom. The van der Waals surface area contributed by atoms with Gasteiger partial charge in [-0.1, -0.05) is 25.8 Å². The third kappa shape index (κ3) is 4.92. The van der Waals surface area contributed by atoms with E-state index < -0.39 is 0 Å². The van der Waals surface area contributed by atoms with E-state index in [1.807, 2.05) is 30.8 Å². The number of urea groups is 1. The maximum atomic E-state index is 12.2. The lowest BCUT2D eigenvalue weighted by Crippen LogP contribution is -2.48. The number of amides is 2. The second kappa shape index (κ2) is 8.27. The molecule has 1 aromatic rings. The maximum Gasteiger partial charge on any atom is 0.315 e. The molecule has 116 valence electrons. The molecule has 1 aliphatic carbocycles. The van der Waals surface area contributed by atoms with Crippen LogP contribution in [0.2, 0.25) is 0 Å². The normalized spacial score (nSPS) is 23.3. The van der Waals surface area contributed by atoms with Gasteiger partial charge in [0.1, 0.15) is 0 Å². The third-order valence-corrected chi connectivity index (χ3v) is 5.26. The molecule has 2 rings (SSSR count). The zero-order chi connectivity index (χ0) is 15.1. The molecule has 1 saturated carbocycles. The number of nitrogens with zero attached hydrogens (tertiary/aromatic N) is 1. The van der Waals surface area contributed by atoms with Crippen LogP contribution < -0.4 is 10.6 Å². The number of rotatable bonds is 5. The molecule has 0 spiro atoms. The first-order valence-electron chi connectivity index (χ1n) is 7.79. The van der Waals surface area contributed by atoms with E-state index in [-0.39, 0.29) is 12.1 Å². The molecule has 3 atom stereocenters. The van der Waals surface area contributed by atoms with Gasteiger partial charge in [0, 0.05) is 23.7 Å². The van der Waals surface area contributed by atoms with E-state index in [1.54, 1.807) is 12.4 Å². The van der Waals surface area contributed by atoms with Crippen LogP contribution in [0.4, 0.5) is 4.79 Å². The van der Waals surface area contributed by atoms with Crippen LogP contribution in [0, 0.1) is 0 Å². The Labute approximate surface area is 131 Å². The minimum absolute atomic E-state index is 0.0282. The molecule has 2 N–H and O–H groups in total. The molecule has 4 nitrogen and oxygen atoms in total. The average molecular weight is 307 g/mol. The van der Waals surface area contributed by atoms with Crippen LogP contribution in [-0.4, -0.2) is 28.1 Å². The Bertz CT molecular complexity index is 438. The van der Waals surface area contributed by atoms with Crippen molar-refractivity contribution < 1.29 is 4.79 Å². The van der Waals surface area contributed by atoms with E-state index in [0.717, 1.165) is 17.7 Å². The number of thioether (sulfide) groups is 1. The van der Waals surface area contributed by atoms with E-state index in [9.17, 15) is 4.79 Å². The van der Waals surface area contributed by atoms with E-state index in [4.69, 9.17) is 0 Å². The lowest BCUT2D eigenvalue weighted by atomic mass is 9.95. The Balaban J connectivity index is 1.85. The number of carbonyl (C=O) groups excluding carboxylic acids is 1. The van der Waals surface area contributed by atoms with Gasteiger partial charge in [0.2, 0.25) is 0 Å². The van der Waals surface area contributed by atoms with E-state index in [1.165, 1.54) is 19.3 Å². The van der Waals surface area contributed by atoms with Crippen molar-refractivity contribution in [1.29, 1.82) is 0 Å². The van der Waals surface area contributed by atoms with Gasteiger partial charge in [-0.3, -0.25) is 4.98 Å². The van der Waals surface area contributed by atoms with Gasteiger partial charge in [-0.2, -0.15) is 11.8 Å². The SMILES string of the molecule is CCSC1CCCCC1NC(=O)NC(C)c1cccnc1. The van der Waals surface area contributed by atoms with Crippen molar-refractivity contribution in [1.82, 2.24) is 15.6 Å². The number of hydrogen-bond acceptors (Lipinski definition) is 3. The molecule has 1 aromatic heterocycles. The molecule has 21 heavy (non-hydrogen) atoms.